The van der Waals surface area contributed by atoms with Gasteiger partial charge in [0.25, 0.3) is 0 Å². The summed E-state index contributed by atoms with van der Waals surface area (Å²) in [6.07, 6.45) is 2.90. The van der Waals surface area contributed by atoms with Crippen LogP contribution in [0, 0.1) is 0 Å². The topological polar surface area (TPSA) is 60.2 Å². The Bertz CT molecular complexity index is 342. The first kappa shape index (κ1) is 11.8. The standard InChI is InChI=1S/C11H16BrN3O/c1-2-16-9-5-8(13)11(9)15-10-4-3-7(12)6-14-10/h3-4,6,8-9,11H,2,5,13H2,1H3,(H,14,15). The minimum Gasteiger partial charge on any atom is -0.376 e. The van der Waals surface area contributed by atoms with E-state index in [0.717, 1.165) is 23.3 Å². The molecule has 0 spiro atoms. The first-order valence-electron chi connectivity index (χ1n) is 5.46. The fourth-order valence-corrected chi connectivity index (χ4v) is 2.09. The highest BCUT2D eigenvalue weighted by atomic mass is 79.9. The van der Waals surface area contributed by atoms with Crippen molar-refractivity contribution in [2.24, 2.45) is 5.73 Å². The average molecular weight is 286 g/mol. The van der Waals surface area contributed by atoms with Gasteiger partial charge in [0.15, 0.2) is 0 Å². The molecule has 0 amide bonds. The van der Waals surface area contributed by atoms with Gasteiger partial charge in [-0.3, -0.25) is 0 Å². The lowest BCUT2D eigenvalue weighted by Gasteiger charge is -2.42. The fourth-order valence-electron chi connectivity index (χ4n) is 1.86. The highest BCUT2D eigenvalue weighted by Crippen LogP contribution is 2.25. The highest BCUT2D eigenvalue weighted by molar-refractivity contribution is 9.10. The molecule has 0 saturated heterocycles. The van der Waals surface area contributed by atoms with E-state index in [1.54, 1.807) is 6.20 Å². The molecule has 3 unspecified atom stereocenters. The van der Waals surface area contributed by atoms with Crippen molar-refractivity contribution in [3.63, 3.8) is 0 Å². The molecule has 16 heavy (non-hydrogen) atoms. The number of rotatable bonds is 4. The average Bonchev–Trinajstić information content (AvgIpc) is 2.28. The summed E-state index contributed by atoms with van der Waals surface area (Å²) in [4.78, 5) is 4.26. The molecular weight excluding hydrogens is 270 g/mol. The van der Waals surface area contributed by atoms with E-state index in [1.165, 1.54) is 0 Å². The lowest BCUT2D eigenvalue weighted by Crippen LogP contribution is -2.60. The molecule has 0 aromatic carbocycles. The van der Waals surface area contributed by atoms with Crippen LogP contribution < -0.4 is 11.1 Å². The van der Waals surface area contributed by atoms with Gasteiger partial charge in [-0.2, -0.15) is 0 Å². The maximum absolute atomic E-state index is 5.94. The van der Waals surface area contributed by atoms with E-state index in [-0.39, 0.29) is 18.2 Å². The van der Waals surface area contributed by atoms with Gasteiger partial charge in [-0.15, -0.1) is 0 Å². The zero-order valence-electron chi connectivity index (χ0n) is 9.19. The van der Waals surface area contributed by atoms with Gasteiger partial charge in [-0.05, 0) is 41.4 Å². The van der Waals surface area contributed by atoms with Crippen molar-refractivity contribution >= 4 is 21.7 Å². The summed E-state index contributed by atoms with van der Waals surface area (Å²) in [5.41, 5.74) is 5.94. The highest BCUT2D eigenvalue weighted by Gasteiger charge is 2.39. The van der Waals surface area contributed by atoms with E-state index >= 15 is 0 Å². The van der Waals surface area contributed by atoms with Gasteiger partial charge in [0.05, 0.1) is 12.1 Å². The van der Waals surface area contributed by atoms with Crippen LogP contribution in [0.25, 0.3) is 0 Å². The first-order chi connectivity index (χ1) is 7.70. The maximum atomic E-state index is 5.94. The largest absolute Gasteiger partial charge is 0.376 e. The van der Waals surface area contributed by atoms with Crippen LogP contribution in [0.2, 0.25) is 0 Å². The van der Waals surface area contributed by atoms with Crippen LogP contribution in [-0.2, 0) is 4.74 Å². The number of hydrogen-bond donors (Lipinski definition) is 2. The molecule has 0 bridgehead atoms. The van der Waals surface area contributed by atoms with Crippen molar-refractivity contribution in [2.45, 2.75) is 31.5 Å². The molecule has 1 aliphatic rings. The Morgan fingerprint density at radius 1 is 1.62 bits per heavy atom. The summed E-state index contributed by atoms with van der Waals surface area (Å²) >= 11 is 3.35. The SMILES string of the molecule is CCOC1CC(N)C1Nc1ccc(Br)cn1. The molecule has 1 aliphatic carbocycles. The minimum atomic E-state index is 0.155. The molecule has 1 saturated carbocycles. The van der Waals surface area contributed by atoms with Gasteiger partial charge < -0.3 is 15.8 Å². The maximum Gasteiger partial charge on any atom is 0.126 e. The molecule has 0 radical (unpaired) electrons. The smallest absolute Gasteiger partial charge is 0.126 e. The van der Waals surface area contributed by atoms with Gasteiger partial charge >= 0.3 is 0 Å². The van der Waals surface area contributed by atoms with Crippen molar-refractivity contribution in [3.05, 3.63) is 22.8 Å². The fraction of sp³-hybridized carbons (Fsp3) is 0.545. The number of pyridine rings is 1. The second-order valence-electron chi connectivity index (χ2n) is 3.93. The summed E-state index contributed by atoms with van der Waals surface area (Å²) in [5, 5.41) is 3.31. The quantitative estimate of drug-likeness (QED) is 0.885. The Hall–Kier alpha value is -0.650. The predicted molar refractivity (Wildman–Crippen MR) is 67.4 cm³/mol. The molecule has 88 valence electrons. The van der Waals surface area contributed by atoms with E-state index in [1.807, 2.05) is 19.1 Å². The molecule has 1 aromatic heterocycles. The van der Waals surface area contributed by atoms with Crippen LogP contribution in [0.1, 0.15) is 13.3 Å². The van der Waals surface area contributed by atoms with Gasteiger partial charge in [-0.25, -0.2) is 4.98 Å². The summed E-state index contributed by atoms with van der Waals surface area (Å²) in [5.74, 6) is 0.841. The number of ether oxygens (including phenoxy) is 1. The molecule has 3 atom stereocenters. The number of halogens is 1. The zero-order valence-corrected chi connectivity index (χ0v) is 10.8. The third-order valence-corrected chi connectivity index (χ3v) is 3.26. The van der Waals surface area contributed by atoms with Crippen LogP contribution in [0.5, 0.6) is 0 Å². The van der Waals surface area contributed by atoms with E-state index < -0.39 is 0 Å². The van der Waals surface area contributed by atoms with Crippen molar-refractivity contribution < 1.29 is 4.74 Å². The second kappa shape index (κ2) is 5.12. The Morgan fingerprint density at radius 3 is 3.00 bits per heavy atom. The monoisotopic (exact) mass is 285 g/mol. The molecule has 1 fully saturated rings. The molecule has 2 rings (SSSR count). The molecule has 4 nitrogen and oxygen atoms in total. The summed E-state index contributed by atoms with van der Waals surface area (Å²) in [6, 6.07) is 4.21. The summed E-state index contributed by atoms with van der Waals surface area (Å²) < 4.78 is 6.55. The molecule has 3 N–H and O–H groups in total. The lowest BCUT2D eigenvalue weighted by atomic mass is 9.83. The normalized spacial score (nSPS) is 28.6. The van der Waals surface area contributed by atoms with E-state index in [2.05, 4.69) is 26.2 Å². The van der Waals surface area contributed by atoms with Gasteiger partial charge in [0, 0.05) is 23.3 Å². The Labute approximate surface area is 104 Å². The molecule has 1 aromatic rings. The van der Waals surface area contributed by atoms with Crippen LogP contribution in [0.3, 0.4) is 0 Å². The Balaban J connectivity index is 1.95. The summed E-state index contributed by atoms with van der Waals surface area (Å²) in [7, 11) is 0. The van der Waals surface area contributed by atoms with E-state index in [4.69, 9.17) is 10.5 Å². The van der Waals surface area contributed by atoms with Gasteiger partial charge in [-0.1, -0.05) is 0 Å². The van der Waals surface area contributed by atoms with Crippen molar-refractivity contribution in [1.29, 1.82) is 0 Å². The van der Waals surface area contributed by atoms with Gasteiger partial charge in [0.1, 0.15) is 5.82 Å². The number of nitrogens with zero attached hydrogens (tertiary/aromatic N) is 1. The summed E-state index contributed by atoms with van der Waals surface area (Å²) in [6.45, 7) is 2.72. The second-order valence-corrected chi connectivity index (χ2v) is 4.84. The Morgan fingerprint density at radius 2 is 2.44 bits per heavy atom. The Kier molecular flexibility index (Phi) is 3.78. The molecular formula is C11H16BrN3O. The minimum absolute atomic E-state index is 0.155. The number of anilines is 1. The van der Waals surface area contributed by atoms with Crippen molar-refractivity contribution in [2.75, 3.05) is 11.9 Å². The zero-order chi connectivity index (χ0) is 11.5. The molecule has 1 heterocycles. The van der Waals surface area contributed by atoms with Crippen LogP contribution in [0.4, 0.5) is 5.82 Å². The number of hydrogen-bond acceptors (Lipinski definition) is 4. The number of nitrogens with two attached hydrogens (primary N) is 1. The number of aromatic nitrogens is 1. The van der Waals surface area contributed by atoms with Gasteiger partial charge in [0.2, 0.25) is 0 Å². The number of nitrogens with one attached hydrogen (secondary N) is 1. The van der Waals surface area contributed by atoms with Crippen molar-refractivity contribution in [3.8, 4) is 0 Å². The van der Waals surface area contributed by atoms with Crippen LogP contribution >= 0.6 is 15.9 Å². The first-order valence-corrected chi connectivity index (χ1v) is 6.25. The van der Waals surface area contributed by atoms with Crippen LogP contribution in [0.15, 0.2) is 22.8 Å². The predicted octanol–water partition coefficient (Wildman–Crippen LogP) is 1.76. The van der Waals surface area contributed by atoms with E-state index in [9.17, 15) is 0 Å². The molecule has 5 heteroatoms. The third-order valence-electron chi connectivity index (χ3n) is 2.79. The van der Waals surface area contributed by atoms with Crippen molar-refractivity contribution in [1.82, 2.24) is 4.98 Å². The van der Waals surface area contributed by atoms with E-state index in [0.29, 0.717) is 0 Å². The molecule has 0 aliphatic heterocycles. The lowest BCUT2D eigenvalue weighted by molar-refractivity contribution is -0.0127. The third kappa shape index (κ3) is 2.53. The van der Waals surface area contributed by atoms with Crippen LogP contribution in [-0.4, -0.2) is 29.8 Å².